The maximum absolute atomic E-state index is 10.7. The third-order valence-corrected chi connectivity index (χ3v) is 3.35. The van der Waals surface area contributed by atoms with Crippen molar-refractivity contribution in [1.82, 2.24) is 9.88 Å². The summed E-state index contributed by atoms with van der Waals surface area (Å²) in [7, 11) is 0. The number of carbonyl (C=O) groups excluding carboxylic acids is 1. The zero-order valence-corrected chi connectivity index (χ0v) is 9.42. The Morgan fingerprint density at radius 3 is 3.12 bits per heavy atom. The van der Waals surface area contributed by atoms with Gasteiger partial charge in [-0.2, -0.15) is 0 Å². The van der Waals surface area contributed by atoms with E-state index in [1.807, 2.05) is 18.2 Å². The van der Waals surface area contributed by atoms with Gasteiger partial charge in [0.05, 0.1) is 6.54 Å². The van der Waals surface area contributed by atoms with Crippen LogP contribution in [0.25, 0.3) is 10.9 Å². The molecule has 0 bridgehead atoms. The fraction of sp³-hybridized carbons (Fsp3) is 0.250. The van der Waals surface area contributed by atoms with Gasteiger partial charge in [0.15, 0.2) is 0 Å². The second kappa shape index (κ2) is 3.52. The molecule has 0 spiro atoms. The van der Waals surface area contributed by atoms with Crippen molar-refractivity contribution >= 4 is 28.9 Å². The largest absolute Gasteiger partial charge is 0.357 e. The molecule has 2 heterocycles. The minimum atomic E-state index is 0.672. The van der Waals surface area contributed by atoms with Crippen LogP contribution in [0.2, 0.25) is 5.02 Å². The van der Waals surface area contributed by atoms with Gasteiger partial charge >= 0.3 is 0 Å². The average molecular weight is 235 g/mol. The van der Waals surface area contributed by atoms with Crippen LogP contribution < -0.4 is 0 Å². The molecule has 2 aromatic rings. The van der Waals surface area contributed by atoms with E-state index < -0.39 is 0 Å². The van der Waals surface area contributed by atoms with Crippen LogP contribution in [-0.4, -0.2) is 22.8 Å². The predicted octanol–water partition coefficient (Wildman–Crippen LogP) is 2.34. The summed E-state index contributed by atoms with van der Waals surface area (Å²) < 4.78 is 0. The molecule has 16 heavy (non-hydrogen) atoms. The van der Waals surface area contributed by atoms with Gasteiger partial charge in [0.2, 0.25) is 6.41 Å². The molecular formula is C12H11ClN2O. The summed E-state index contributed by atoms with van der Waals surface area (Å²) in [4.78, 5) is 15.9. The second-order valence-electron chi connectivity index (χ2n) is 4.10. The zero-order chi connectivity index (χ0) is 11.1. The molecule has 3 rings (SSSR count). The van der Waals surface area contributed by atoms with Crippen LogP contribution in [0.15, 0.2) is 18.2 Å². The quantitative estimate of drug-likeness (QED) is 0.756. The first-order valence-corrected chi connectivity index (χ1v) is 5.64. The summed E-state index contributed by atoms with van der Waals surface area (Å²) in [6.45, 7) is 1.46. The van der Waals surface area contributed by atoms with Gasteiger partial charge in [0, 0.05) is 28.2 Å². The van der Waals surface area contributed by atoms with E-state index in [2.05, 4.69) is 4.98 Å². The Bertz CT molecular complexity index is 561. The van der Waals surface area contributed by atoms with Crippen LogP contribution in [0.4, 0.5) is 0 Å². The van der Waals surface area contributed by atoms with Crippen LogP contribution in [0, 0.1) is 0 Å². The number of nitrogens with one attached hydrogen (secondary N) is 1. The van der Waals surface area contributed by atoms with Crippen molar-refractivity contribution < 1.29 is 4.79 Å². The minimum Gasteiger partial charge on any atom is -0.357 e. The lowest BCUT2D eigenvalue weighted by Crippen LogP contribution is -2.28. The van der Waals surface area contributed by atoms with Gasteiger partial charge < -0.3 is 9.88 Å². The molecule has 0 unspecified atom stereocenters. The van der Waals surface area contributed by atoms with Gasteiger partial charge in [-0.25, -0.2) is 0 Å². The summed E-state index contributed by atoms with van der Waals surface area (Å²) in [5, 5.41) is 1.94. The van der Waals surface area contributed by atoms with Crippen LogP contribution in [0.5, 0.6) is 0 Å². The van der Waals surface area contributed by atoms with E-state index in [-0.39, 0.29) is 0 Å². The first-order valence-electron chi connectivity index (χ1n) is 5.26. The summed E-state index contributed by atoms with van der Waals surface area (Å²) in [5.74, 6) is 0. The SMILES string of the molecule is O=CN1CCc2c([nH]c3ccc(Cl)cc23)C1. The number of carbonyl (C=O) groups is 1. The summed E-state index contributed by atoms with van der Waals surface area (Å²) >= 11 is 5.99. The van der Waals surface area contributed by atoms with Crippen molar-refractivity contribution in [1.29, 1.82) is 0 Å². The lowest BCUT2D eigenvalue weighted by molar-refractivity contribution is -0.118. The number of rotatable bonds is 1. The highest BCUT2D eigenvalue weighted by atomic mass is 35.5. The Morgan fingerprint density at radius 2 is 2.31 bits per heavy atom. The molecule has 1 aliphatic heterocycles. The fourth-order valence-corrected chi connectivity index (χ4v) is 2.50. The molecule has 82 valence electrons. The van der Waals surface area contributed by atoms with Crippen LogP contribution >= 0.6 is 11.6 Å². The molecular weight excluding hydrogens is 224 g/mol. The highest BCUT2D eigenvalue weighted by Crippen LogP contribution is 2.29. The number of aromatic nitrogens is 1. The molecule has 1 aliphatic rings. The first-order chi connectivity index (χ1) is 7.78. The molecule has 0 atom stereocenters. The van der Waals surface area contributed by atoms with Crippen molar-refractivity contribution in [2.24, 2.45) is 0 Å². The van der Waals surface area contributed by atoms with E-state index in [1.54, 1.807) is 4.90 Å². The van der Waals surface area contributed by atoms with Gasteiger partial charge in [-0.05, 0) is 30.2 Å². The topological polar surface area (TPSA) is 36.1 Å². The van der Waals surface area contributed by atoms with E-state index >= 15 is 0 Å². The predicted molar refractivity (Wildman–Crippen MR) is 63.5 cm³/mol. The van der Waals surface area contributed by atoms with Crippen LogP contribution in [0.3, 0.4) is 0 Å². The van der Waals surface area contributed by atoms with Gasteiger partial charge in [-0.3, -0.25) is 4.79 Å². The number of amides is 1. The molecule has 0 aliphatic carbocycles. The van der Waals surface area contributed by atoms with Crippen LogP contribution in [0.1, 0.15) is 11.3 Å². The maximum Gasteiger partial charge on any atom is 0.210 e. The number of hydrogen-bond acceptors (Lipinski definition) is 1. The monoisotopic (exact) mass is 234 g/mol. The Morgan fingerprint density at radius 1 is 1.44 bits per heavy atom. The molecule has 4 heteroatoms. The van der Waals surface area contributed by atoms with E-state index in [0.29, 0.717) is 6.54 Å². The number of nitrogens with zero attached hydrogens (tertiary/aromatic N) is 1. The zero-order valence-electron chi connectivity index (χ0n) is 8.66. The first kappa shape index (κ1) is 9.73. The number of benzene rings is 1. The smallest absolute Gasteiger partial charge is 0.210 e. The van der Waals surface area contributed by atoms with Gasteiger partial charge in [0.1, 0.15) is 0 Å². The van der Waals surface area contributed by atoms with Crippen molar-refractivity contribution in [2.45, 2.75) is 13.0 Å². The fourth-order valence-electron chi connectivity index (χ4n) is 2.32. The van der Waals surface area contributed by atoms with Gasteiger partial charge in [0.25, 0.3) is 0 Å². The summed E-state index contributed by atoms with van der Waals surface area (Å²) in [6, 6.07) is 5.85. The molecule has 3 nitrogen and oxygen atoms in total. The average Bonchev–Trinajstić information content (AvgIpc) is 2.66. The summed E-state index contributed by atoms with van der Waals surface area (Å²) in [6.07, 6.45) is 1.80. The third-order valence-electron chi connectivity index (χ3n) is 3.12. The van der Waals surface area contributed by atoms with E-state index in [0.717, 1.165) is 35.6 Å². The molecule has 1 aromatic heterocycles. The Kier molecular flexibility index (Phi) is 2.14. The van der Waals surface area contributed by atoms with Crippen molar-refractivity contribution in [2.75, 3.05) is 6.54 Å². The molecule has 0 saturated carbocycles. The maximum atomic E-state index is 10.7. The summed E-state index contributed by atoms with van der Waals surface area (Å²) in [5.41, 5.74) is 3.54. The molecule has 0 saturated heterocycles. The number of fused-ring (bicyclic) bond motifs is 3. The van der Waals surface area contributed by atoms with E-state index in [4.69, 9.17) is 11.6 Å². The molecule has 1 amide bonds. The minimum absolute atomic E-state index is 0.672. The van der Waals surface area contributed by atoms with Crippen molar-refractivity contribution in [3.8, 4) is 0 Å². The number of H-pyrrole nitrogens is 1. The standard InChI is InChI=1S/C12H11ClN2O/c13-8-1-2-11-10(5-8)9-3-4-15(7-16)6-12(9)14-11/h1-2,5,7,14H,3-4,6H2. The third kappa shape index (κ3) is 1.39. The second-order valence-corrected chi connectivity index (χ2v) is 4.53. The normalized spacial score (nSPS) is 15.2. The number of halogens is 1. The van der Waals surface area contributed by atoms with Crippen molar-refractivity contribution in [3.05, 3.63) is 34.5 Å². The van der Waals surface area contributed by atoms with E-state index in [1.165, 1.54) is 10.9 Å². The van der Waals surface area contributed by atoms with E-state index in [9.17, 15) is 4.79 Å². The Labute approximate surface area is 98.0 Å². The number of aromatic amines is 1. The number of hydrogen-bond donors (Lipinski definition) is 1. The van der Waals surface area contributed by atoms with Crippen molar-refractivity contribution in [3.63, 3.8) is 0 Å². The lowest BCUT2D eigenvalue weighted by Gasteiger charge is -2.22. The molecule has 0 radical (unpaired) electrons. The molecule has 1 N–H and O–H groups in total. The van der Waals surface area contributed by atoms with Crippen LogP contribution in [-0.2, 0) is 17.8 Å². The van der Waals surface area contributed by atoms with Gasteiger partial charge in [-0.1, -0.05) is 11.6 Å². The van der Waals surface area contributed by atoms with Gasteiger partial charge in [-0.15, -0.1) is 0 Å². The molecule has 1 aromatic carbocycles. The molecule has 0 fully saturated rings. The highest BCUT2D eigenvalue weighted by Gasteiger charge is 2.19. The Hall–Kier alpha value is -1.48. The highest BCUT2D eigenvalue weighted by molar-refractivity contribution is 6.31. The lowest BCUT2D eigenvalue weighted by atomic mass is 10.0. The Balaban J connectivity index is 2.16.